The van der Waals surface area contributed by atoms with Gasteiger partial charge in [0.2, 0.25) is 0 Å². The third-order valence-corrected chi connectivity index (χ3v) is 5.34. The quantitative estimate of drug-likeness (QED) is 0.823. The summed E-state index contributed by atoms with van der Waals surface area (Å²) in [5, 5.41) is 0. The van der Waals surface area contributed by atoms with E-state index >= 15 is 0 Å². The molecule has 0 spiro atoms. The number of ether oxygens (including phenoxy) is 2. The van der Waals surface area contributed by atoms with Crippen molar-refractivity contribution in [3.05, 3.63) is 58.7 Å². The number of hydrogen-bond donors (Lipinski definition) is 0. The van der Waals surface area contributed by atoms with Gasteiger partial charge in [-0.3, -0.25) is 4.79 Å². The van der Waals surface area contributed by atoms with Gasteiger partial charge in [-0.25, -0.2) is 8.78 Å². The van der Waals surface area contributed by atoms with E-state index < -0.39 is 11.6 Å². The van der Waals surface area contributed by atoms with Crippen molar-refractivity contribution in [2.75, 3.05) is 38.3 Å². The molecule has 1 aliphatic carbocycles. The van der Waals surface area contributed by atoms with Crippen molar-refractivity contribution in [2.24, 2.45) is 5.92 Å². The van der Waals surface area contributed by atoms with Gasteiger partial charge in [0, 0.05) is 30.6 Å². The monoisotopic (exact) mass is 373 g/mol. The van der Waals surface area contributed by atoms with Crippen molar-refractivity contribution < 1.29 is 23.0 Å². The predicted molar refractivity (Wildman–Crippen MR) is 97.6 cm³/mol. The Hall–Kier alpha value is -2.47. The van der Waals surface area contributed by atoms with Gasteiger partial charge < -0.3 is 14.4 Å². The van der Waals surface area contributed by atoms with Crippen LogP contribution in [0.1, 0.15) is 21.5 Å². The molecular weight excluding hydrogens is 352 g/mol. The molecule has 0 N–H and O–H groups in total. The highest BCUT2D eigenvalue weighted by molar-refractivity contribution is 6.03. The lowest BCUT2D eigenvalue weighted by atomic mass is 9.95. The lowest BCUT2D eigenvalue weighted by Gasteiger charge is -2.30. The number of carbonyl (C=O) groups excluding carboxylic acids is 1. The van der Waals surface area contributed by atoms with E-state index in [1.807, 2.05) is 6.07 Å². The summed E-state index contributed by atoms with van der Waals surface area (Å²) in [6.45, 7) is 2.86. The number of morpholine rings is 1. The van der Waals surface area contributed by atoms with E-state index in [2.05, 4.69) is 4.90 Å². The molecule has 1 atom stereocenters. The van der Waals surface area contributed by atoms with Gasteiger partial charge >= 0.3 is 0 Å². The molecule has 1 heterocycles. The maximum atomic E-state index is 14.0. The van der Waals surface area contributed by atoms with Crippen LogP contribution in [0.25, 0.3) is 0 Å². The smallest absolute Gasteiger partial charge is 0.167 e. The Kier molecular flexibility index (Phi) is 4.83. The lowest BCUT2D eigenvalue weighted by Crippen LogP contribution is -2.36. The molecule has 2 aliphatic rings. The van der Waals surface area contributed by atoms with E-state index in [0.717, 1.165) is 30.4 Å². The SMILES string of the molecule is COc1cc2c(cc1N1CCOCC1)CC(Cc1ccc(F)cc1F)C2=O. The Bertz CT molecular complexity index is 878. The largest absolute Gasteiger partial charge is 0.495 e. The molecule has 1 unspecified atom stereocenters. The predicted octanol–water partition coefficient (Wildman–Crippen LogP) is 3.41. The highest BCUT2D eigenvalue weighted by Gasteiger charge is 2.33. The number of benzene rings is 2. The molecule has 0 amide bonds. The van der Waals surface area contributed by atoms with Crippen molar-refractivity contribution in [1.82, 2.24) is 0 Å². The van der Waals surface area contributed by atoms with Crippen molar-refractivity contribution in [2.45, 2.75) is 12.8 Å². The molecule has 4 rings (SSSR count). The molecule has 6 heteroatoms. The molecule has 0 radical (unpaired) electrons. The minimum atomic E-state index is -0.614. The van der Waals surface area contributed by atoms with Gasteiger partial charge in [0.05, 0.1) is 26.0 Å². The topological polar surface area (TPSA) is 38.8 Å². The highest BCUT2D eigenvalue weighted by atomic mass is 19.1. The zero-order valence-electron chi connectivity index (χ0n) is 15.1. The van der Waals surface area contributed by atoms with Gasteiger partial charge in [-0.15, -0.1) is 0 Å². The molecule has 142 valence electrons. The van der Waals surface area contributed by atoms with Crippen LogP contribution < -0.4 is 9.64 Å². The van der Waals surface area contributed by atoms with Gasteiger partial charge in [-0.2, -0.15) is 0 Å². The van der Waals surface area contributed by atoms with Crippen molar-refractivity contribution in [1.29, 1.82) is 0 Å². The molecule has 1 saturated heterocycles. The second-order valence-corrected chi connectivity index (χ2v) is 6.99. The maximum absolute atomic E-state index is 14.0. The summed E-state index contributed by atoms with van der Waals surface area (Å²) in [4.78, 5) is 15.0. The van der Waals surface area contributed by atoms with Crippen LogP contribution in [0.3, 0.4) is 0 Å². The van der Waals surface area contributed by atoms with E-state index in [0.29, 0.717) is 36.5 Å². The van der Waals surface area contributed by atoms with Crippen LogP contribution in [-0.2, 0) is 17.6 Å². The summed E-state index contributed by atoms with van der Waals surface area (Å²) in [5.74, 6) is -0.912. The zero-order valence-corrected chi connectivity index (χ0v) is 15.1. The van der Waals surface area contributed by atoms with Gasteiger partial charge in [-0.05, 0) is 42.2 Å². The molecule has 0 saturated carbocycles. The summed E-state index contributed by atoms with van der Waals surface area (Å²) in [5.41, 5.74) is 2.91. The number of carbonyl (C=O) groups is 1. The Morgan fingerprint density at radius 2 is 1.96 bits per heavy atom. The number of Topliss-reactive ketones (excluding diaryl/α,β-unsaturated/α-hetero) is 1. The minimum absolute atomic E-state index is 0.0134. The van der Waals surface area contributed by atoms with Crippen LogP contribution in [0.15, 0.2) is 30.3 Å². The van der Waals surface area contributed by atoms with Crippen LogP contribution >= 0.6 is 0 Å². The summed E-state index contributed by atoms with van der Waals surface area (Å²) in [6.07, 6.45) is 0.807. The fourth-order valence-corrected chi connectivity index (χ4v) is 3.92. The first-order chi connectivity index (χ1) is 13.1. The molecule has 0 bridgehead atoms. The molecule has 27 heavy (non-hydrogen) atoms. The Labute approximate surface area is 156 Å². The molecule has 2 aromatic rings. The van der Waals surface area contributed by atoms with Crippen LogP contribution in [0.2, 0.25) is 0 Å². The zero-order chi connectivity index (χ0) is 19.0. The number of ketones is 1. The number of methoxy groups -OCH3 is 1. The third-order valence-electron chi connectivity index (χ3n) is 5.34. The average molecular weight is 373 g/mol. The maximum Gasteiger partial charge on any atom is 0.167 e. The van der Waals surface area contributed by atoms with E-state index in [1.165, 1.54) is 12.1 Å². The second kappa shape index (κ2) is 7.27. The van der Waals surface area contributed by atoms with Gasteiger partial charge in [0.25, 0.3) is 0 Å². The molecule has 2 aromatic carbocycles. The first kappa shape index (κ1) is 17.9. The van der Waals surface area contributed by atoms with Crippen LogP contribution in [-0.4, -0.2) is 39.2 Å². The fraction of sp³-hybridized carbons (Fsp3) is 0.381. The molecule has 1 aliphatic heterocycles. The average Bonchev–Trinajstić information content (AvgIpc) is 2.98. The summed E-state index contributed by atoms with van der Waals surface area (Å²) < 4.78 is 38.0. The van der Waals surface area contributed by atoms with E-state index in [1.54, 1.807) is 13.2 Å². The number of anilines is 1. The standard InChI is InChI=1S/C21H21F2NO3/c1-26-20-12-17-14(10-19(20)24-4-6-27-7-5-24)9-15(21(17)25)8-13-2-3-16(22)11-18(13)23/h2-3,10-12,15H,4-9H2,1H3. The fourth-order valence-electron chi connectivity index (χ4n) is 3.92. The van der Waals surface area contributed by atoms with E-state index in [-0.39, 0.29) is 18.1 Å². The van der Waals surface area contributed by atoms with Crippen molar-refractivity contribution in [3.63, 3.8) is 0 Å². The third kappa shape index (κ3) is 3.41. The summed E-state index contributed by atoms with van der Waals surface area (Å²) >= 11 is 0. The van der Waals surface area contributed by atoms with Crippen LogP contribution in [0.5, 0.6) is 5.75 Å². The second-order valence-electron chi connectivity index (χ2n) is 6.99. The Morgan fingerprint density at radius 3 is 2.67 bits per heavy atom. The number of rotatable bonds is 4. The van der Waals surface area contributed by atoms with Crippen molar-refractivity contribution >= 4 is 11.5 Å². The molecule has 4 nitrogen and oxygen atoms in total. The van der Waals surface area contributed by atoms with Crippen molar-refractivity contribution in [3.8, 4) is 5.75 Å². The minimum Gasteiger partial charge on any atom is -0.495 e. The van der Waals surface area contributed by atoms with Crippen LogP contribution in [0, 0.1) is 17.6 Å². The number of halogens is 2. The Morgan fingerprint density at radius 1 is 1.19 bits per heavy atom. The van der Waals surface area contributed by atoms with E-state index in [9.17, 15) is 13.6 Å². The summed E-state index contributed by atoms with van der Waals surface area (Å²) in [6, 6.07) is 7.31. The van der Waals surface area contributed by atoms with Crippen LogP contribution in [0.4, 0.5) is 14.5 Å². The number of hydrogen-bond acceptors (Lipinski definition) is 4. The highest BCUT2D eigenvalue weighted by Crippen LogP contribution is 2.38. The molecule has 0 aromatic heterocycles. The summed E-state index contributed by atoms with van der Waals surface area (Å²) in [7, 11) is 1.59. The normalized spacial score (nSPS) is 19.3. The van der Waals surface area contributed by atoms with E-state index in [4.69, 9.17) is 9.47 Å². The number of fused-ring (bicyclic) bond motifs is 1. The van der Waals surface area contributed by atoms with Gasteiger partial charge in [0.15, 0.2) is 5.78 Å². The molecule has 1 fully saturated rings. The molecular formula is C21H21F2NO3. The Balaban J connectivity index is 1.61. The van der Waals surface area contributed by atoms with Gasteiger partial charge in [-0.1, -0.05) is 6.07 Å². The first-order valence-electron chi connectivity index (χ1n) is 9.08. The lowest BCUT2D eigenvalue weighted by molar-refractivity contribution is 0.0935. The van der Waals surface area contributed by atoms with Gasteiger partial charge in [0.1, 0.15) is 17.4 Å². The first-order valence-corrected chi connectivity index (χ1v) is 9.08. The number of nitrogens with zero attached hydrogens (tertiary/aromatic N) is 1.